The molecule has 0 aliphatic rings. The van der Waals surface area contributed by atoms with E-state index in [1.165, 1.54) is 6.92 Å². The van der Waals surface area contributed by atoms with Crippen molar-refractivity contribution in [3.05, 3.63) is 42.0 Å². The minimum atomic E-state index is -1.61. The van der Waals surface area contributed by atoms with Crippen molar-refractivity contribution in [2.24, 2.45) is 0 Å². The van der Waals surface area contributed by atoms with Gasteiger partial charge in [-0.25, -0.2) is 0 Å². The van der Waals surface area contributed by atoms with Crippen molar-refractivity contribution in [2.75, 3.05) is 0 Å². The highest BCUT2D eigenvalue weighted by atomic mass is 19.3. The molecule has 11 heavy (non-hydrogen) atoms. The summed E-state index contributed by atoms with van der Waals surface area (Å²) in [5.74, 6) is 0. The summed E-state index contributed by atoms with van der Waals surface area (Å²) in [5.41, 5.74) is 0.623. The van der Waals surface area contributed by atoms with E-state index in [1.807, 2.05) is 0 Å². The van der Waals surface area contributed by atoms with Crippen LogP contribution < -0.4 is 0 Å². The van der Waals surface area contributed by atoms with E-state index in [0.717, 1.165) is 0 Å². The smallest absolute Gasteiger partial charge is 0.173 e. The van der Waals surface area contributed by atoms with Crippen molar-refractivity contribution >= 4 is 5.57 Å². The van der Waals surface area contributed by atoms with E-state index in [0.29, 0.717) is 5.56 Å². The summed E-state index contributed by atoms with van der Waals surface area (Å²) >= 11 is 0. The fraction of sp³-hybridized carbons (Fsp3) is 0.111. The SMILES string of the molecule is CC(=C(F)F)c1ccccc1. The molecule has 0 N–H and O–H groups in total. The van der Waals surface area contributed by atoms with Gasteiger partial charge in [-0.2, -0.15) is 8.78 Å². The Morgan fingerprint density at radius 3 is 2.09 bits per heavy atom. The molecule has 0 saturated heterocycles. The molecule has 0 fully saturated rings. The molecule has 0 unspecified atom stereocenters. The third kappa shape index (κ3) is 1.87. The highest BCUT2D eigenvalue weighted by molar-refractivity contribution is 5.63. The van der Waals surface area contributed by atoms with Gasteiger partial charge in [0, 0.05) is 5.57 Å². The lowest BCUT2D eigenvalue weighted by Gasteiger charge is -1.97. The van der Waals surface area contributed by atoms with Crippen LogP contribution in [0, 0.1) is 0 Å². The van der Waals surface area contributed by atoms with Crippen LogP contribution in [-0.2, 0) is 0 Å². The van der Waals surface area contributed by atoms with E-state index in [9.17, 15) is 8.78 Å². The van der Waals surface area contributed by atoms with Crippen LogP contribution in [0.25, 0.3) is 5.57 Å². The fourth-order valence-corrected chi connectivity index (χ4v) is 0.797. The van der Waals surface area contributed by atoms with E-state index in [-0.39, 0.29) is 5.57 Å². The number of halogens is 2. The van der Waals surface area contributed by atoms with Crippen molar-refractivity contribution in [3.8, 4) is 0 Å². The van der Waals surface area contributed by atoms with Gasteiger partial charge in [0.15, 0.2) is 0 Å². The zero-order chi connectivity index (χ0) is 8.27. The first-order chi connectivity index (χ1) is 5.22. The number of hydrogen-bond donors (Lipinski definition) is 0. The average molecular weight is 154 g/mol. The molecule has 1 aromatic carbocycles. The molecule has 0 heterocycles. The maximum atomic E-state index is 12.0. The molecule has 1 aromatic rings. The van der Waals surface area contributed by atoms with Crippen LogP contribution in [0.3, 0.4) is 0 Å². The largest absolute Gasteiger partial charge is 0.273 e. The molecule has 0 radical (unpaired) electrons. The summed E-state index contributed by atoms with van der Waals surface area (Å²) in [6.45, 7) is 1.41. The summed E-state index contributed by atoms with van der Waals surface area (Å²) in [6, 6.07) is 8.60. The van der Waals surface area contributed by atoms with Crippen LogP contribution in [0.4, 0.5) is 8.78 Å². The highest BCUT2D eigenvalue weighted by Crippen LogP contribution is 2.18. The van der Waals surface area contributed by atoms with Gasteiger partial charge in [0.1, 0.15) is 0 Å². The first kappa shape index (κ1) is 7.92. The lowest BCUT2D eigenvalue weighted by molar-refractivity contribution is 0.425. The van der Waals surface area contributed by atoms with E-state index in [1.54, 1.807) is 30.3 Å². The van der Waals surface area contributed by atoms with Gasteiger partial charge in [0.25, 0.3) is 6.08 Å². The summed E-state index contributed by atoms with van der Waals surface area (Å²) in [7, 11) is 0. The first-order valence-corrected chi connectivity index (χ1v) is 3.29. The molecule has 2 heteroatoms. The third-order valence-corrected chi connectivity index (χ3v) is 1.49. The van der Waals surface area contributed by atoms with E-state index < -0.39 is 6.08 Å². The van der Waals surface area contributed by atoms with Crippen LogP contribution in [0.1, 0.15) is 12.5 Å². The molecular formula is C9H8F2. The number of allylic oxidation sites excluding steroid dienone is 1. The Balaban J connectivity index is 3.04. The summed E-state index contributed by atoms with van der Waals surface area (Å²) < 4.78 is 24.0. The van der Waals surface area contributed by atoms with Crippen LogP contribution in [-0.4, -0.2) is 0 Å². The Bertz CT molecular complexity index is 258. The monoisotopic (exact) mass is 154 g/mol. The third-order valence-electron chi connectivity index (χ3n) is 1.49. The van der Waals surface area contributed by atoms with Gasteiger partial charge in [-0.15, -0.1) is 0 Å². The second-order valence-electron chi connectivity index (χ2n) is 2.25. The zero-order valence-corrected chi connectivity index (χ0v) is 6.14. The molecule has 0 spiro atoms. The van der Waals surface area contributed by atoms with Crippen LogP contribution in [0.5, 0.6) is 0 Å². The lowest BCUT2D eigenvalue weighted by Crippen LogP contribution is -1.78. The van der Waals surface area contributed by atoms with Gasteiger partial charge in [-0.1, -0.05) is 30.3 Å². The molecule has 1 rings (SSSR count). The Labute approximate surface area is 64.2 Å². The highest BCUT2D eigenvalue weighted by Gasteiger charge is 2.00. The number of rotatable bonds is 1. The summed E-state index contributed by atoms with van der Waals surface area (Å²) in [6.07, 6.45) is -1.61. The molecule has 58 valence electrons. The minimum Gasteiger partial charge on any atom is -0.173 e. The predicted molar refractivity (Wildman–Crippen MR) is 41.3 cm³/mol. The maximum absolute atomic E-state index is 12.0. The van der Waals surface area contributed by atoms with Gasteiger partial charge in [-0.05, 0) is 12.5 Å². The van der Waals surface area contributed by atoms with Crippen molar-refractivity contribution in [2.45, 2.75) is 6.92 Å². The molecule has 0 aromatic heterocycles. The Hall–Kier alpha value is -1.18. The molecule has 0 aliphatic heterocycles. The first-order valence-electron chi connectivity index (χ1n) is 3.29. The zero-order valence-electron chi connectivity index (χ0n) is 6.14. The second kappa shape index (κ2) is 3.28. The molecular weight excluding hydrogens is 146 g/mol. The van der Waals surface area contributed by atoms with Gasteiger partial charge in [0.05, 0.1) is 0 Å². The molecule has 0 nitrogen and oxygen atoms in total. The van der Waals surface area contributed by atoms with Crippen molar-refractivity contribution in [1.29, 1.82) is 0 Å². The quantitative estimate of drug-likeness (QED) is 0.582. The fourth-order valence-electron chi connectivity index (χ4n) is 0.797. The van der Waals surface area contributed by atoms with Crippen molar-refractivity contribution in [1.82, 2.24) is 0 Å². The lowest BCUT2D eigenvalue weighted by atomic mass is 10.1. The predicted octanol–water partition coefficient (Wildman–Crippen LogP) is 3.31. The second-order valence-corrected chi connectivity index (χ2v) is 2.25. The number of benzene rings is 1. The van der Waals surface area contributed by atoms with E-state index in [4.69, 9.17) is 0 Å². The Morgan fingerprint density at radius 1 is 1.09 bits per heavy atom. The molecule has 0 aliphatic carbocycles. The van der Waals surface area contributed by atoms with Crippen molar-refractivity contribution in [3.63, 3.8) is 0 Å². The topological polar surface area (TPSA) is 0 Å². The Morgan fingerprint density at radius 2 is 1.64 bits per heavy atom. The maximum Gasteiger partial charge on any atom is 0.273 e. The van der Waals surface area contributed by atoms with Gasteiger partial charge >= 0.3 is 0 Å². The van der Waals surface area contributed by atoms with Gasteiger partial charge in [-0.3, -0.25) is 0 Å². The molecule has 0 atom stereocenters. The average Bonchev–Trinajstić information content (AvgIpc) is 2.05. The summed E-state index contributed by atoms with van der Waals surface area (Å²) in [4.78, 5) is 0. The number of hydrogen-bond acceptors (Lipinski definition) is 0. The molecule has 0 bridgehead atoms. The van der Waals surface area contributed by atoms with E-state index in [2.05, 4.69) is 0 Å². The van der Waals surface area contributed by atoms with Crippen LogP contribution >= 0.6 is 0 Å². The van der Waals surface area contributed by atoms with E-state index >= 15 is 0 Å². The standard InChI is InChI=1S/C9H8F2/c1-7(9(10)11)8-5-3-2-4-6-8/h2-6H,1H3. The Kier molecular flexibility index (Phi) is 2.36. The van der Waals surface area contributed by atoms with Crippen LogP contribution in [0.15, 0.2) is 36.4 Å². The summed E-state index contributed by atoms with van der Waals surface area (Å²) in [5, 5.41) is 0. The normalized spacial score (nSPS) is 9.36. The van der Waals surface area contributed by atoms with Gasteiger partial charge in [0.2, 0.25) is 0 Å². The van der Waals surface area contributed by atoms with Crippen LogP contribution in [0.2, 0.25) is 0 Å². The minimum absolute atomic E-state index is 0.0469. The molecule has 0 amide bonds. The van der Waals surface area contributed by atoms with Crippen molar-refractivity contribution < 1.29 is 8.78 Å². The van der Waals surface area contributed by atoms with Gasteiger partial charge < -0.3 is 0 Å². The molecule has 0 saturated carbocycles.